The average Bonchev–Trinajstić information content (AvgIpc) is 3.28. The Balaban J connectivity index is 2.21. The molecule has 8 heteroatoms. The van der Waals surface area contributed by atoms with Crippen LogP contribution in [0.1, 0.15) is 41.2 Å². The van der Waals surface area contributed by atoms with Gasteiger partial charge < -0.3 is 20.1 Å². The van der Waals surface area contributed by atoms with E-state index in [0.717, 1.165) is 11.6 Å². The largest absolute Gasteiger partial charge is 0.383 e. The minimum atomic E-state index is -2.88. The molecule has 1 unspecified atom stereocenters. The van der Waals surface area contributed by atoms with Gasteiger partial charge in [-0.2, -0.15) is 5.10 Å². The summed E-state index contributed by atoms with van der Waals surface area (Å²) < 4.78 is 70.3. The van der Waals surface area contributed by atoms with Crippen molar-refractivity contribution in [3.05, 3.63) is 41.3 Å². The van der Waals surface area contributed by atoms with Crippen LogP contribution < -0.4 is 5.73 Å². The van der Waals surface area contributed by atoms with Gasteiger partial charge in [-0.25, -0.2) is 21.2 Å². The first-order valence-electron chi connectivity index (χ1n) is 12.0. The SMILES string of the molecule is [2H]C1([2H])/C(=C(/C[N+]#[C-])n2cc(-c3ncnc(N)c3CC(OC)OC)cn2)C([2H])([2H])C([2H])(C)C1([2H])[2H]. The maximum Gasteiger partial charge on any atom is 0.256 e. The second-order valence-electron chi connectivity index (χ2n) is 6.00. The molecule has 28 heavy (non-hydrogen) atoms. The van der Waals surface area contributed by atoms with Crippen LogP contribution in [0.2, 0.25) is 0 Å². The fraction of sp³-hybridized carbons (Fsp3) is 0.500. The van der Waals surface area contributed by atoms with E-state index in [9.17, 15) is 0 Å². The molecule has 0 radical (unpaired) electrons. The molecular formula is C20H26N6O2. The van der Waals surface area contributed by atoms with Crippen molar-refractivity contribution in [3.8, 4) is 11.3 Å². The Morgan fingerprint density at radius 1 is 1.50 bits per heavy atom. The highest BCUT2D eigenvalue weighted by Crippen LogP contribution is 2.34. The van der Waals surface area contributed by atoms with E-state index in [1.54, 1.807) is 0 Å². The average molecular weight is 390 g/mol. The van der Waals surface area contributed by atoms with E-state index in [1.807, 2.05) is 0 Å². The molecule has 0 aromatic carbocycles. The first-order valence-corrected chi connectivity index (χ1v) is 8.46. The van der Waals surface area contributed by atoms with Crippen LogP contribution in [0.25, 0.3) is 21.8 Å². The highest BCUT2D eigenvalue weighted by Gasteiger charge is 2.23. The summed E-state index contributed by atoms with van der Waals surface area (Å²) in [5.41, 5.74) is 6.55. The second kappa shape index (κ2) is 8.95. The Kier molecular flexibility index (Phi) is 4.04. The van der Waals surface area contributed by atoms with Crippen LogP contribution >= 0.6 is 0 Å². The van der Waals surface area contributed by atoms with Gasteiger partial charge in [0.1, 0.15) is 17.8 Å². The lowest BCUT2D eigenvalue weighted by Crippen LogP contribution is -2.18. The third-order valence-corrected chi connectivity index (χ3v) is 4.21. The molecule has 1 atom stereocenters. The number of ether oxygens (including phenoxy) is 2. The Hall–Kier alpha value is -2.76. The van der Waals surface area contributed by atoms with E-state index in [-0.39, 0.29) is 17.9 Å². The Morgan fingerprint density at radius 3 is 2.93 bits per heavy atom. The number of hydrogen-bond acceptors (Lipinski definition) is 6. The van der Waals surface area contributed by atoms with Crippen LogP contribution in [0.4, 0.5) is 5.82 Å². The number of rotatable bonds is 7. The highest BCUT2D eigenvalue weighted by molar-refractivity contribution is 5.67. The molecule has 2 aromatic rings. The van der Waals surface area contributed by atoms with E-state index in [1.165, 1.54) is 32.9 Å². The molecule has 2 heterocycles. The van der Waals surface area contributed by atoms with Gasteiger partial charge in [0.15, 0.2) is 6.29 Å². The van der Waals surface area contributed by atoms with Crippen molar-refractivity contribution in [1.29, 1.82) is 0 Å². The zero-order chi connectivity index (χ0) is 26.4. The molecule has 1 aliphatic rings. The lowest BCUT2D eigenvalue weighted by atomic mass is 10.1. The number of hydrogen-bond donors (Lipinski definition) is 1. The lowest BCUT2D eigenvalue weighted by Gasteiger charge is -2.16. The molecule has 0 spiro atoms. The molecule has 0 aliphatic heterocycles. The van der Waals surface area contributed by atoms with Crippen LogP contribution in [-0.2, 0) is 15.9 Å². The van der Waals surface area contributed by atoms with Crippen molar-refractivity contribution in [3.63, 3.8) is 0 Å². The van der Waals surface area contributed by atoms with Gasteiger partial charge in [-0.05, 0) is 30.6 Å². The summed E-state index contributed by atoms with van der Waals surface area (Å²) in [5.74, 6) is -2.28. The number of nitrogens with zero attached hydrogens (tertiary/aromatic N) is 5. The first kappa shape index (κ1) is 12.6. The van der Waals surface area contributed by atoms with Crippen LogP contribution in [0.15, 0.2) is 24.3 Å². The van der Waals surface area contributed by atoms with Gasteiger partial charge in [0.2, 0.25) is 0 Å². The molecule has 0 saturated heterocycles. The Labute approximate surface area is 175 Å². The van der Waals surface area contributed by atoms with Gasteiger partial charge >= 0.3 is 0 Å². The van der Waals surface area contributed by atoms with Crippen molar-refractivity contribution >= 4 is 11.5 Å². The van der Waals surface area contributed by atoms with Crippen LogP contribution in [0.5, 0.6) is 0 Å². The van der Waals surface area contributed by atoms with Gasteiger partial charge in [-0.3, -0.25) is 0 Å². The van der Waals surface area contributed by atoms with Crippen molar-refractivity contribution in [2.24, 2.45) is 5.89 Å². The monoisotopic (exact) mass is 389 g/mol. The molecular weight excluding hydrogens is 356 g/mol. The third kappa shape index (κ3) is 4.21. The standard InChI is InChI=1S/C20H26N6O2/c1-13-5-6-14(7-13)17(10-22-2)26-11-15(9-25-26)19-16(8-18(27-3)28-4)20(21)24-12-23-19/h9,11-13,18H,5-8,10H2,1,3-4H3,(H2,21,23,24)/b17-14+/i5D2,6D2,7D2,13D. The summed E-state index contributed by atoms with van der Waals surface area (Å²) in [6.45, 7) is 7.88. The fourth-order valence-corrected chi connectivity index (χ4v) is 2.79. The Bertz CT molecular complexity index is 1160. The van der Waals surface area contributed by atoms with Gasteiger partial charge in [0.25, 0.3) is 6.54 Å². The molecule has 148 valence electrons. The maximum atomic E-state index is 8.50. The van der Waals surface area contributed by atoms with E-state index in [2.05, 4.69) is 19.9 Å². The molecule has 0 amide bonds. The normalized spacial score (nSPS) is 30.2. The van der Waals surface area contributed by atoms with Crippen LogP contribution in [0, 0.1) is 12.5 Å². The van der Waals surface area contributed by atoms with Crippen LogP contribution in [-0.4, -0.2) is 46.8 Å². The van der Waals surface area contributed by atoms with Gasteiger partial charge in [0, 0.05) is 47.6 Å². The summed E-state index contributed by atoms with van der Waals surface area (Å²) in [6, 6.07) is 0. The van der Waals surface area contributed by atoms with Crippen molar-refractivity contribution in [2.45, 2.75) is 38.8 Å². The summed E-state index contributed by atoms with van der Waals surface area (Å²) in [6.07, 6.45) is -4.86. The lowest BCUT2D eigenvalue weighted by molar-refractivity contribution is -0.100. The number of nitrogen functional groups attached to an aromatic ring is 1. The number of allylic oxidation sites excluding steroid dienone is 1. The van der Waals surface area contributed by atoms with Gasteiger partial charge in [-0.15, -0.1) is 0 Å². The van der Waals surface area contributed by atoms with Crippen molar-refractivity contribution in [1.82, 2.24) is 19.7 Å². The highest BCUT2D eigenvalue weighted by atomic mass is 16.7. The summed E-state index contributed by atoms with van der Waals surface area (Å²) >= 11 is 0. The number of anilines is 1. The fourth-order valence-electron chi connectivity index (χ4n) is 2.79. The van der Waals surface area contributed by atoms with E-state index < -0.39 is 43.4 Å². The smallest absolute Gasteiger partial charge is 0.256 e. The summed E-state index contributed by atoms with van der Waals surface area (Å²) in [5, 5.41) is 4.21. The van der Waals surface area contributed by atoms with Gasteiger partial charge in [-0.1, -0.05) is 6.92 Å². The summed E-state index contributed by atoms with van der Waals surface area (Å²) in [4.78, 5) is 11.6. The molecule has 3 rings (SSSR count). The van der Waals surface area contributed by atoms with Crippen molar-refractivity contribution < 1.29 is 19.1 Å². The minimum absolute atomic E-state index is 0.184. The van der Waals surface area contributed by atoms with E-state index in [4.69, 9.17) is 31.4 Å². The first-order chi connectivity index (χ1) is 16.2. The quantitative estimate of drug-likeness (QED) is 0.578. The molecule has 1 aliphatic carbocycles. The van der Waals surface area contributed by atoms with Crippen LogP contribution in [0.3, 0.4) is 0 Å². The maximum absolute atomic E-state index is 8.50. The van der Waals surface area contributed by atoms with E-state index >= 15 is 0 Å². The third-order valence-electron chi connectivity index (χ3n) is 4.21. The molecule has 0 bridgehead atoms. The predicted molar refractivity (Wildman–Crippen MR) is 107 cm³/mol. The molecule has 2 N–H and O–H groups in total. The topological polar surface area (TPSA) is 92.4 Å². The van der Waals surface area contributed by atoms with Crippen molar-refractivity contribution in [2.75, 3.05) is 26.5 Å². The van der Waals surface area contributed by atoms with Gasteiger partial charge in [0.05, 0.1) is 11.9 Å². The zero-order valence-corrected chi connectivity index (χ0v) is 15.9. The molecule has 1 saturated carbocycles. The second-order valence-corrected chi connectivity index (χ2v) is 6.00. The number of aromatic nitrogens is 4. The minimum Gasteiger partial charge on any atom is -0.383 e. The van der Waals surface area contributed by atoms with E-state index in [0.29, 0.717) is 16.8 Å². The summed E-state index contributed by atoms with van der Waals surface area (Å²) in [7, 11) is 2.94. The number of nitrogens with two attached hydrogens (primary N) is 1. The predicted octanol–water partition coefficient (Wildman–Crippen LogP) is 3.03. The molecule has 1 fully saturated rings. The zero-order valence-electron chi connectivity index (χ0n) is 22.9. The Morgan fingerprint density at radius 2 is 2.29 bits per heavy atom. The molecule has 8 nitrogen and oxygen atoms in total. The number of methoxy groups -OCH3 is 2. The molecule has 2 aromatic heterocycles.